The zero-order chi connectivity index (χ0) is 23.5. The maximum absolute atomic E-state index is 9.92. The van der Waals surface area contributed by atoms with Crippen LogP contribution in [0.2, 0.25) is 0 Å². The second kappa shape index (κ2) is 33.6. The first-order chi connectivity index (χ1) is 14.3. The zero-order valence-electron chi connectivity index (χ0n) is 20.3. The molecule has 183 valence electrons. The first-order valence-electron chi connectivity index (χ1n) is 11.9. The van der Waals surface area contributed by atoms with Crippen molar-refractivity contribution >= 4 is 35.3 Å². The van der Waals surface area contributed by atoms with Gasteiger partial charge in [0.05, 0.1) is 0 Å². The van der Waals surface area contributed by atoms with Gasteiger partial charge in [-0.2, -0.15) is 0 Å². The van der Waals surface area contributed by atoms with Crippen LogP contribution in [-0.2, 0) is 14.4 Å². The third-order valence-corrected chi connectivity index (χ3v) is 4.45. The number of hydrogen-bond donors (Lipinski definition) is 0. The van der Waals surface area contributed by atoms with Crippen LogP contribution in [0.1, 0.15) is 136 Å². The van der Waals surface area contributed by atoms with E-state index in [1.165, 1.54) is 38.5 Å². The second-order valence-electron chi connectivity index (χ2n) is 7.61. The summed E-state index contributed by atoms with van der Waals surface area (Å²) >= 11 is 0. The summed E-state index contributed by atoms with van der Waals surface area (Å²) in [7, 11) is 0. The Labute approximate surface area is 201 Å². The predicted octanol–water partition coefficient (Wildman–Crippen LogP) is 2.91. The van der Waals surface area contributed by atoms with Gasteiger partial charge in [0.1, 0.15) is 0 Å². The summed E-state index contributed by atoms with van der Waals surface area (Å²) in [5.74, 6) is -2.76. The summed E-state index contributed by atoms with van der Waals surface area (Å²) in [4.78, 5) is 29.8. The van der Waals surface area contributed by atoms with Gasteiger partial charge in [0.2, 0.25) is 0 Å². The van der Waals surface area contributed by atoms with Crippen LogP contribution in [0.3, 0.4) is 0 Å². The van der Waals surface area contributed by atoms with Gasteiger partial charge in [0, 0.05) is 35.3 Å². The highest BCUT2D eigenvalue weighted by Crippen LogP contribution is 2.05. The lowest BCUT2D eigenvalue weighted by molar-refractivity contribution is -0.307. The van der Waals surface area contributed by atoms with Crippen molar-refractivity contribution in [2.45, 2.75) is 136 Å². The van der Waals surface area contributed by atoms with Gasteiger partial charge < -0.3 is 29.7 Å². The molecule has 0 aromatic heterocycles. The molecule has 3 radical (unpaired) electrons. The molecule has 0 aromatic rings. The average Bonchev–Trinajstić information content (AvgIpc) is 2.68. The molecule has 0 fully saturated rings. The van der Waals surface area contributed by atoms with Crippen LogP contribution in [-0.4, -0.2) is 35.3 Å². The van der Waals surface area contributed by atoms with Gasteiger partial charge in [-0.15, -0.1) is 0 Å². The molecule has 0 aliphatic heterocycles. The molecule has 7 heteroatoms. The van der Waals surface area contributed by atoms with Crippen LogP contribution in [0.5, 0.6) is 0 Å². The van der Waals surface area contributed by atoms with Crippen LogP contribution in [0, 0.1) is 0 Å². The van der Waals surface area contributed by atoms with Crippen molar-refractivity contribution in [3.63, 3.8) is 0 Å². The number of aliphatic carboxylic acids is 3. The minimum atomic E-state index is -0.920. The Bertz CT molecular complexity index is 331. The summed E-state index contributed by atoms with van der Waals surface area (Å²) in [6, 6.07) is 0. The van der Waals surface area contributed by atoms with E-state index in [1.54, 1.807) is 0 Å². The molecule has 0 aliphatic carbocycles. The quantitative estimate of drug-likeness (QED) is 0.231. The maximum atomic E-state index is 9.92. The fourth-order valence-electron chi connectivity index (χ4n) is 2.62. The molecule has 31 heavy (non-hydrogen) atoms. The van der Waals surface area contributed by atoms with E-state index < -0.39 is 17.9 Å². The summed E-state index contributed by atoms with van der Waals surface area (Å²) in [5.41, 5.74) is 0. The molecule has 0 rings (SSSR count). The molecule has 0 aliphatic rings. The lowest BCUT2D eigenvalue weighted by Crippen LogP contribution is -2.21. The molecule has 0 atom stereocenters. The topological polar surface area (TPSA) is 120 Å². The molecule has 0 unspecified atom stereocenters. The van der Waals surface area contributed by atoms with Crippen molar-refractivity contribution in [2.75, 3.05) is 0 Å². The van der Waals surface area contributed by atoms with E-state index in [-0.39, 0.29) is 36.6 Å². The number of hydrogen-bond acceptors (Lipinski definition) is 6. The molecule has 0 N–H and O–H groups in total. The van der Waals surface area contributed by atoms with Gasteiger partial charge in [-0.1, -0.05) is 97.8 Å². The lowest BCUT2D eigenvalue weighted by Gasteiger charge is -2.00. The first-order valence-corrected chi connectivity index (χ1v) is 11.9. The van der Waals surface area contributed by atoms with Crippen LogP contribution in [0.25, 0.3) is 0 Å². The van der Waals surface area contributed by atoms with Crippen molar-refractivity contribution in [3.8, 4) is 0 Å². The third kappa shape index (κ3) is 52.8. The van der Waals surface area contributed by atoms with Gasteiger partial charge in [-0.25, -0.2) is 0 Å². The average molecular weight is 457 g/mol. The van der Waals surface area contributed by atoms with Crippen molar-refractivity contribution in [3.05, 3.63) is 0 Å². The number of carbonyl (C=O) groups is 3. The van der Waals surface area contributed by atoms with E-state index in [0.29, 0.717) is 0 Å². The van der Waals surface area contributed by atoms with Gasteiger partial charge in [0.25, 0.3) is 0 Å². The monoisotopic (exact) mass is 456 g/mol. The second-order valence-corrected chi connectivity index (χ2v) is 7.61. The smallest absolute Gasteiger partial charge is 0.0414 e. The summed E-state index contributed by atoms with van der Waals surface area (Å²) < 4.78 is 0. The minimum absolute atomic E-state index is 0. The summed E-state index contributed by atoms with van der Waals surface area (Å²) in [6.07, 6.45) is 16.8. The Hall–Kier alpha value is -1.06. The molecule has 0 saturated heterocycles. The predicted molar refractivity (Wildman–Crippen MR) is 121 cm³/mol. The van der Waals surface area contributed by atoms with Crippen LogP contribution < -0.4 is 15.3 Å². The van der Waals surface area contributed by atoms with Crippen molar-refractivity contribution in [1.29, 1.82) is 0 Å². The zero-order valence-corrected chi connectivity index (χ0v) is 21.4. The Morgan fingerprint density at radius 3 is 0.774 bits per heavy atom. The highest BCUT2D eigenvalue weighted by atomic mass is 27.0. The number of rotatable bonds is 18. The fourth-order valence-corrected chi connectivity index (χ4v) is 2.62. The highest BCUT2D eigenvalue weighted by Gasteiger charge is 1.90. The molecular formula is C24H45AlO6-3. The Morgan fingerprint density at radius 2 is 0.613 bits per heavy atom. The maximum Gasteiger partial charge on any atom is 0.0414 e. The Kier molecular flexibility index (Phi) is 40.4. The number of unbranched alkanes of at least 4 members (excludes halogenated alkanes) is 12. The Morgan fingerprint density at radius 1 is 0.419 bits per heavy atom. The van der Waals surface area contributed by atoms with Crippen molar-refractivity contribution < 1.29 is 29.7 Å². The molecule has 0 bridgehead atoms. The molecule has 0 saturated carbocycles. The van der Waals surface area contributed by atoms with E-state index in [1.807, 2.05) is 0 Å². The first kappa shape index (κ1) is 37.3. The van der Waals surface area contributed by atoms with Crippen molar-refractivity contribution in [1.82, 2.24) is 0 Å². The van der Waals surface area contributed by atoms with Gasteiger partial charge in [0.15, 0.2) is 0 Å². The molecule has 0 spiro atoms. The molecule has 0 heterocycles. The number of carbonyl (C=O) groups excluding carboxylic acids is 3. The van der Waals surface area contributed by atoms with Crippen LogP contribution >= 0.6 is 0 Å². The van der Waals surface area contributed by atoms with Crippen molar-refractivity contribution in [2.24, 2.45) is 0 Å². The number of carboxylic acid groups (broad SMARTS) is 3. The third-order valence-electron chi connectivity index (χ3n) is 4.45. The summed E-state index contributed by atoms with van der Waals surface area (Å²) in [6.45, 7) is 6.41. The van der Waals surface area contributed by atoms with E-state index >= 15 is 0 Å². The normalized spacial score (nSPS) is 9.39. The largest absolute Gasteiger partial charge is 0.550 e. The molecule has 0 aromatic carbocycles. The van der Waals surface area contributed by atoms with Crippen LogP contribution in [0.4, 0.5) is 0 Å². The Balaban J connectivity index is -0.000000174. The molecule has 6 nitrogen and oxygen atoms in total. The van der Waals surface area contributed by atoms with Gasteiger partial charge in [-0.05, 0) is 38.5 Å². The standard InChI is InChI=1S/3C8H16O2.Al/c3*1-2-3-4-5-6-7-8(9)10;/h3*2-7H2,1H3,(H,9,10);/p-3. The lowest BCUT2D eigenvalue weighted by atomic mass is 10.1. The highest BCUT2D eigenvalue weighted by molar-refractivity contribution is 5.75. The van der Waals surface area contributed by atoms with Crippen LogP contribution in [0.15, 0.2) is 0 Å². The molecule has 0 amide bonds. The summed E-state index contributed by atoms with van der Waals surface area (Å²) in [5, 5.41) is 29.8. The van der Waals surface area contributed by atoms with E-state index in [4.69, 9.17) is 0 Å². The van der Waals surface area contributed by atoms with Gasteiger partial charge >= 0.3 is 0 Å². The van der Waals surface area contributed by atoms with E-state index in [2.05, 4.69) is 20.8 Å². The molecular weight excluding hydrogens is 411 g/mol. The minimum Gasteiger partial charge on any atom is -0.550 e. The fraction of sp³-hybridized carbons (Fsp3) is 0.875. The van der Waals surface area contributed by atoms with E-state index in [9.17, 15) is 29.7 Å². The number of carboxylic acids is 3. The SMILES string of the molecule is CCCCCCCC(=O)[O-].CCCCCCCC(=O)[O-].CCCCCCCC(=O)[O-].[Al]. The van der Waals surface area contributed by atoms with E-state index in [0.717, 1.165) is 57.8 Å². The van der Waals surface area contributed by atoms with Gasteiger partial charge in [-0.3, -0.25) is 0 Å².